The molecule has 1 saturated heterocycles. The summed E-state index contributed by atoms with van der Waals surface area (Å²) in [4.78, 5) is 29.5. The van der Waals surface area contributed by atoms with Crippen LogP contribution in [0.3, 0.4) is 0 Å². The third kappa shape index (κ3) is 2.62. The number of rotatable bonds is 2. The van der Waals surface area contributed by atoms with E-state index in [-0.39, 0.29) is 17.2 Å². The zero-order valence-corrected chi connectivity index (χ0v) is 11.6. The first kappa shape index (κ1) is 13.0. The van der Waals surface area contributed by atoms with Crippen LogP contribution in [-0.2, 0) is 0 Å². The van der Waals surface area contributed by atoms with Crippen LogP contribution in [0.2, 0.25) is 0 Å². The monoisotopic (exact) mass is 290 g/mol. The van der Waals surface area contributed by atoms with E-state index in [0.717, 1.165) is 24.4 Å². The molecule has 0 aliphatic carbocycles. The van der Waals surface area contributed by atoms with Crippen LogP contribution in [0.25, 0.3) is 0 Å². The Hall–Kier alpha value is -2.02. The largest absolute Gasteiger partial charge is 0.337 e. The summed E-state index contributed by atoms with van der Waals surface area (Å²) in [6, 6.07) is 2.79. The molecule has 1 atom stereocenters. The number of hydrogen-bond acceptors (Lipinski definition) is 5. The molecule has 1 N–H and O–H groups in total. The number of nitrogens with zero attached hydrogens (tertiary/aromatic N) is 3. The molecule has 20 heavy (non-hydrogen) atoms. The number of H-pyrrole nitrogens is 1. The summed E-state index contributed by atoms with van der Waals surface area (Å²) in [5, 5.41) is 9.13. The lowest BCUT2D eigenvalue weighted by Crippen LogP contribution is -2.39. The molecule has 7 heteroatoms. The molecule has 0 unspecified atom stereocenters. The summed E-state index contributed by atoms with van der Waals surface area (Å²) in [5.74, 6) is 0.165. The summed E-state index contributed by atoms with van der Waals surface area (Å²) in [6.45, 7) is 1.38. The number of carbonyl (C=O) groups is 1. The van der Waals surface area contributed by atoms with E-state index in [1.165, 1.54) is 12.1 Å². The van der Waals surface area contributed by atoms with Crippen molar-refractivity contribution in [3.63, 3.8) is 0 Å². The van der Waals surface area contributed by atoms with Crippen molar-refractivity contribution in [1.82, 2.24) is 20.1 Å². The van der Waals surface area contributed by atoms with Crippen molar-refractivity contribution in [2.75, 3.05) is 13.1 Å². The van der Waals surface area contributed by atoms with Crippen molar-refractivity contribution in [1.29, 1.82) is 0 Å². The second kappa shape index (κ2) is 5.54. The number of thiazole rings is 1. The number of aromatic nitrogens is 3. The van der Waals surface area contributed by atoms with Crippen LogP contribution in [0.1, 0.15) is 34.3 Å². The van der Waals surface area contributed by atoms with E-state index in [2.05, 4.69) is 15.2 Å². The maximum absolute atomic E-state index is 12.4. The van der Waals surface area contributed by atoms with Gasteiger partial charge in [0.05, 0.1) is 5.01 Å². The van der Waals surface area contributed by atoms with Crippen LogP contribution in [0.4, 0.5) is 0 Å². The molecule has 0 spiro atoms. The van der Waals surface area contributed by atoms with Crippen molar-refractivity contribution >= 4 is 17.2 Å². The van der Waals surface area contributed by atoms with Gasteiger partial charge in [-0.15, -0.1) is 11.3 Å². The SMILES string of the molecule is O=C(c1ccc(=O)[nH]n1)N1CCC[C@H](c2nccs2)C1. The van der Waals surface area contributed by atoms with Gasteiger partial charge in [0.2, 0.25) is 0 Å². The minimum Gasteiger partial charge on any atom is -0.337 e. The fraction of sp³-hybridized carbons (Fsp3) is 0.385. The quantitative estimate of drug-likeness (QED) is 0.902. The lowest BCUT2D eigenvalue weighted by Gasteiger charge is -2.31. The standard InChI is InChI=1S/C13H14N4O2S/c18-11-4-3-10(15-16-11)13(19)17-6-1-2-9(8-17)12-14-5-7-20-12/h3-5,7,9H,1-2,6,8H2,(H,16,18)/t9-/m0/s1. The van der Waals surface area contributed by atoms with Crippen LogP contribution in [0.5, 0.6) is 0 Å². The summed E-state index contributed by atoms with van der Waals surface area (Å²) in [5.41, 5.74) is -0.0229. The third-order valence-corrected chi connectivity index (χ3v) is 4.35. The van der Waals surface area contributed by atoms with Gasteiger partial charge in [-0.25, -0.2) is 10.1 Å². The number of piperidine rings is 1. The molecular weight excluding hydrogens is 276 g/mol. The molecular formula is C13H14N4O2S. The van der Waals surface area contributed by atoms with Crippen LogP contribution >= 0.6 is 11.3 Å². The van der Waals surface area contributed by atoms with Gasteiger partial charge in [0.1, 0.15) is 5.69 Å². The summed E-state index contributed by atoms with van der Waals surface area (Å²) >= 11 is 1.63. The zero-order valence-electron chi connectivity index (χ0n) is 10.8. The Morgan fingerprint density at radius 2 is 2.35 bits per heavy atom. The van der Waals surface area contributed by atoms with Crippen LogP contribution < -0.4 is 5.56 Å². The molecule has 0 radical (unpaired) electrons. The second-order valence-corrected chi connectivity index (χ2v) is 5.69. The zero-order chi connectivity index (χ0) is 13.9. The molecule has 104 valence electrons. The van der Waals surface area contributed by atoms with E-state index in [9.17, 15) is 9.59 Å². The van der Waals surface area contributed by atoms with E-state index >= 15 is 0 Å². The van der Waals surface area contributed by atoms with Gasteiger partial charge in [-0.05, 0) is 18.9 Å². The Bertz CT molecular complexity index is 632. The first-order valence-electron chi connectivity index (χ1n) is 6.48. The first-order valence-corrected chi connectivity index (χ1v) is 7.36. The molecule has 2 aromatic rings. The molecule has 3 heterocycles. The first-order chi connectivity index (χ1) is 9.74. The van der Waals surface area contributed by atoms with Crippen LogP contribution in [-0.4, -0.2) is 39.1 Å². The van der Waals surface area contributed by atoms with Gasteiger partial charge in [0.15, 0.2) is 0 Å². The van der Waals surface area contributed by atoms with Gasteiger partial charge >= 0.3 is 0 Å². The number of aromatic amines is 1. The van der Waals surface area contributed by atoms with Gasteiger partial charge in [0.25, 0.3) is 11.5 Å². The molecule has 1 aliphatic heterocycles. The van der Waals surface area contributed by atoms with Crippen molar-refractivity contribution < 1.29 is 4.79 Å². The van der Waals surface area contributed by atoms with Crippen LogP contribution in [0, 0.1) is 0 Å². The fourth-order valence-electron chi connectivity index (χ4n) is 2.42. The predicted octanol–water partition coefficient (Wildman–Crippen LogP) is 1.25. The van der Waals surface area contributed by atoms with E-state index in [1.54, 1.807) is 22.4 Å². The number of hydrogen-bond donors (Lipinski definition) is 1. The summed E-state index contributed by atoms with van der Waals surface area (Å²) in [6.07, 6.45) is 3.81. The minimum atomic E-state index is -0.305. The highest BCUT2D eigenvalue weighted by Gasteiger charge is 2.27. The number of likely N-dealkylation sites (tertiary alicyclic amines) is 1. The van der Waals surface area contributed by atoms with Crippen molar-refractivity contribution in [2.24, 2.45) is 0 Å². The Labute approximate surface area is 119 Å². The summed E-state index contributed by atoms with van der Waals surface area (Å²) < 4.78 is 0. The van der Waals surface area contributed by atoms with Gasteiger partial charge in [-0.2, -0.15) is 5.10 Å². The minimum absolute atomic E-state index is 0.137. The topological polar surface area (TPSA) is 79.0 Å². The van der Waals surface area contributed by atoms with Gasteiger partial charge in [-0.1, -0.05) is 0 Å². The fourth-order valence-corrected chi connectivity index (χ4v) is 3.19. The van der Waals surface area contributed by atoms with Crippen LogP contribution in [0.15, 0.2) is 28.5 Å². The normalized spacial score (nSPS) is 19.0. The Balaban J connectivity index is 1.75. The average Bonchev–Trinajstić information content (AvgIpc) is 3.02. The highest BCUT2D eigenvalue weighted by Crippen LogP contribution is 2.28. The van der Waals surface area contributed by atoms with Crippen molar-refractivity contribution in [3.8, 4) is 0 Å². The Morgan fingerprint density at radius 1 is 1.45 bits per heavy atom. The number of nitrogens with one attached hydrogen (secondary N) is 1. The van der Waals surface area contributed by atoms with E-state index in [4.69, 9.17) is 0 Å². The Kier molecular flexibility index (Phi) is 3.60. The average molecular weight is 290 g/mol. The second-order valence-electron chi connectivity index (χ2n) is 4.77. The summed E-state index contributed by atoms with van der Waals surface area (Å²) in [7, 11) is 0. The molecule has 0 saturated carbocycles. The number of amides is 1. The molecule has 0 bridgehead atoms. The van der Waals surface area contributed by atoms with Crippen molar-refractivity contribution in [2.45, 2.75) is 18.8 Å². The third-order valence-electron chi connectivity index (χ3n) is 3.41. The maximum atomic E-state index is 12.4. The Morgan fingerprint density at radius 3 is 3.05 bits per heavy atom. The lowest BCUT2D eigenvalue weighted by molar-refractivity contribution is 0.0699. The van der Waals surface area contributed by atoms with Gasteiger partial charge in [0, 0.05) is 36.7 Å². The smallest absolute Gasteiger partial charge is 0.274 e. The molecule has 1 aliphatic rings. The lowest BCUT2D eigenvalue weighted by atomic mass is 9.98. The molecule has 3 rings (SSSR count). The highest BCUT2D eigenvalue weighted by atomic mass is 32.1. The molecule has 1 fully saturated rings. The highest BCUT2D eigenvalue weighted by molar-refractivity contribution is 7.09. The van der Waals surface area contributed by atoms with Gasteiger partial charge in [-0.3, -0.25) is 9.59 Å². The maximum Gasteiger partial charge on any atom is 0.274 e. The van der Waals surface area contributed by atoms with E-state index in [1.807, 2.05) is 5.38 Å². The molecule has 6 nitrogen and oxygen atoms in total. The van der Waals surface area contributed by atoms with Crippen molar-refractivity contribution in [3.05, 3.63) is 44.8 Å². The number of carbonyl (C=O) groups excluding carboxylic acids is 1. The van der Waals surface area contributed by atoms with E-state index < -0.39 is 0 Å². The molecule has 2 aromatic heterocycles. The van der Waals surface area contributed by atoms with E-state index in [0.29, 0.717) is 12.5 Å². The molecule has 1 amide bonds. The predicted molar refractivity (Wildman–Crippen MR) is 74.9 cm³/mol. The van der Waals surface area contributed by atoms with Gasteiger partial charge < -0.3 is 4.90 Å². The molecule has 0 aromatic carbocycles.